The molecule has 2 atom stereocenters. The van der Waals surface area contributed by atoms with Crippen molar-refractivity contribution in [3.05, 3.63) is 17.2 Å². The Morgan fingerprint density at radius 1 is 1.39 bits per heavy atom. The van der Waals surface area contributed by atoms with Crippen LogP contribution in [0.25, 0.3) is 11.0 Å². The highest BCUT2D eigenvalue weighted by Gasteiger charge is 2.23. The van der Waals surface area contributed by atoms with E-state index >= 15 is 0 Å². The number of rotatable bonds is 2. The average molecular weight is 300 g/mol. The molecule has 1 aliphatic rings. The quantitative estimate of drug-likeness (QED) is 0.908. The molecule has 1 aromatic carbocycles. The van der Waals surface area contributed by atoms with Gasteiger partial charge in [0.1, 0.15) is 11.0 Å². The molecule has 1 fully saturated rings. The lowest BCUT2D eigenvalue weighted by atomic mass is 10.1. The summed E-state index contributed by atoms with van der Waals surface area (Å²) in [6, 6.07) is 4.29. The van der Waals surface area contributed by atoms with E-state index in [0.717, 1.165) is 21.7 Å². The summed E-state index contributed by atoms with van der Waals surface area (Å²) in [5, 5.41) is 4.92. The third kappa shape index (κ3) is 2.31. The van der Waals surface area contributed by atoms with Crippen LogP contribution in [0.2, 0.25) is 5.02 Å². The van der Waals surface area contributed by atoms with Crippen molar-refractivity contribution in [2.24, 2.45) is 0 Å². The molecule has 0 amide bonds. The summed E-state index contributed by atoms with van der Waals surface area (Å²) < 4.78 is 8.61. The molecule has 0 bridgehead atoms. The van der Waals surface area contributed by atoms with E-state index in [1.165, 1.54) is 30.3 Å². The van der Waals surface area contributed by atoms with E-state index in [1.54, 1.807) is 0 Å². The van der Waals surface area contributed by atoms with E-state index in [2.05, 4.69) is 21.0 Å². The molecule has 0 radical (unpaired) electrons. The number of hydrogen-bond donors (Lipinski definition) is 1. The largest absolute Gasteiger partial charge is 0.378 e. The maximum absolute atomic E-state index is 6.29. The maximum Gasteiger partial charge on any atom is 0.129 e. The lowest BCUT2D eigenvalue weighted by Crippen LogP contribution is -2.32. The lowest BCUT2D eigenvalue weighted by Gasteiger charge is -2.30. The summed E-state index contributed by atoms with van der Waals surface area (Å²) in [5.74, 6) is 1.26. The summed E-state index contributed by atoms with van der Waals surface area (Å²) >= 11 is 9.55. The molecule has 3 rings (SSSR count). The highest BCUT2D eigenvalue weighted by atomic mass is 35.5. The van der Waals surface area contributed by atoms with Crippen molar-refractivity contribution in [3.63, 3.8) is 0 Å². The number of fused-ring (bicyclic) bond motifs is 1. The van der Waals surface area contributed by atoms with Gasteiger partial charge < -0.3 is 5.32 Å². The first kappa shape index (κ1) is 12.5. The highest BCUT2D eigenvalue weighted by Crippen LogP contribution is 2.34. The van der Waals surface area contributed by atoms with Crippen LogP contribution in [0.5, 0.6) is 0 Å². The van der Waals surface area contributed by atoms with Crippen LogP contribution in [-0.2, 0) is 0 Å². The molecule has 2 aromatic rings. The summed E-state index contributed by atoms with van der Waals surface area (Å²) in [6.07, 6.45) is 2.45. The smallest absolute Gasteiger partial charge is 0.129 e. The molecule has 1 aliphatic heterocycles. The van der Waals surface area contributed by atoms with Crippen LogP contribution in [0.1, 0.15) is 19.8 Å². The van der Waals surface area contributed by atoms with Crippen LogP contribution >= 0.6 is 35.1 Å². The lowest BCUT2D eigenvalue weighted by molar-refractivity contribution is 0.618. The van der Waals surface area contributed by atoms with Gasteiger partial charge in [-0.15, -0.1) is 0 Å². The van der Waals surface area contributed by atoms with E-state index in [-0.39, 0.29) is 0 Å². The zero-order valence-corrected chi connectivity index (χ0v) is 12.4. The number of nitrogens with one attached hydrogen (secondary N) is 1. The molecular formula is C12H14ClN3S2. The molecule has 0 aliphatic carbocycles. The van der Waals surface area contributed by atoms with Crippen molar-refractivity contribution in [1.82, 2.24) is 8.75 Å². The number of aromatic nitrogens is 2. The fourth-order valence-electron chi connectivity index (χ4n) is 2.26. The standard InChI is InChI=1S/C12H14ClN3S2/c1-7-9(3-2-6-17-7)14-11-8(13)4-5-10-12(11)16-18-15-10/h4-5,7,9,14H,2-3,6H2,1H3. The fourth-order valence-corrected chi connectivity index (χ4v) is 4.15. The van der Waals surface area contributed by atoms with Crippen LogP contribution in [0, 0.1) is 0 Å². The maximum atomic E-state index is 6.29. The molecule has 0 saturated carbocycles. The minimum absolute atomic E-state index is 0.466. The van der Waals surface area contributed by atoms with Crippen LogP contribution in [0.3, 0.4) is 0 Å². The minimum atomic E-state index is 0.466. The Balaban J connectivity index is 1.93. The molecule has 1 N–H and O–H groups in total. The Bertz CT molecular complexity index is 557. The number of anilines is 1. The number of hydrogen-bond acceptors (Lipinski definition) is 5. The van der Waals surface area contributed by atoms with Crippen molar-refractivity contribution in [2.75, 3.05) is 11.1 Å². The van der Waals surface area contributed by atoms with E-state index in [0.29, 0.717) is 11.3 Å². The van der Waals surface area contributed by atoms with Crippen LogP contribution in [0.15, 0.2) is 12.1 Å². The normalized spacial score (nSPS) is 24.3. The van der Waals surface area contributed by atoms with Gasteiger partial charge >= 0.3 is 0 Å². The monoisotopic (exact) mass is 299 g/mol. The Kier molecular flexibility index (Phi) is 3.63. The van der Waals surface area contributed by atoms with Crippen molar-refractivity contribution in [3.8, 4) is 0 Å². The van der Waals surface area contributed by atoms with Gasteiger partial charge in [0.25, 0.3) is 0 Å². The van der Waals surface area contributed by atoms with Gasteiger partial charge in [0.05, 0.1) is 22.4 Å². The van der Waals surface area contributed by atoms with Gasteiger partial charge in [0, 0.05) is 11.3 Å². The number of halogens is 1. The number of nitrogens with zero attached hydrogens (tertiary/aromatic N) is 2. The predicted octanol–water partition coefficient (Wildman–Crippen LogP) is 4.04. The highest BCUT2D eigenvalue weighted by molar-refractivity contribution is 8.00. The molecule has 18 heavy (non-hydrogen) atoms. The Hall–Kier alpha value is -0.520. The molecule has 6 heteroatoms. The molecule has 3 nitrogen and oxygen atoms in total. The summed E-state index contributed by atoms with van der Waals surface area (Å²) in [6.45, 7) is 2.27. The van der Waals surface area contributed by atoms with E-state index in [4.69, 9.17) is 11.6 Å². The first-order valence-corrected chi connectivity index (χ1v) is 8.20. The van der Waals surface area contributed by atoms with Crippen molar-refractivity contribution in [2.45, 2.75) is 31.1 Å². The Labute approximate surface area is 120 Å². The molecule has 0 spiro atoms. The Morgan fingerprint density at radius 2 is 2.28 bits per heavy atom. The topological polar surface area (TPSA) is 37.8 Å². The van der Waals surface area contributed by atoms with Crippen LogP contribution in [-0.4, -0.2) is 25.8 Å². The minimum Gasteiger partial charge on any atom is -0.378 e. The summed E-state index contributed by atoms with van der Waals surface area (Å²) in [7, 11) is 0. The molecule has 1 aromatic heterocycles. The van der Waals surface area contributed by atoms with Crippen molar-refractivity contribution >= 4 is 51.8 Å². The molecule has 1 saturated heterocycles. The van der Waals surface area contributed by atoms with Crippen molar-refractivity contribution in [1.29, 1.82) is 0 Å². The third-order valence-electron chi connectivity index (χ3n) is 3.31. The van der Waals surface area contributed by atoms with Crippen LogP contribution in [0.4, 0.5) is 5.69 Å². The molecule has 2 unspecified atom stereocenters. The van der Waals surface area contributed by atoms with Gasteiger partial charge in [-0.2, -0.15) is 20.5 Å². The third-order valence-corrected chi connectivity index (χ3v) is 5.55. The second-order valence-corrected chi connectivity index (χ2v) is 6.94. The zero-order chi connectivity index (χ0) is 12.5. The molecule has 2 heterocycles. The summed E-state index contributed by atoms with van der Waals surface area (Å²) in [5.41, 5.74) is 2.76. The van der Waals surface area contributed by atoms with Gasteiger partial charge in [-0.3, -0.25) is 0 Å². The fraction of sp³-hybridized carbons (Fsp3) is 0.500. The first-order valence-electron chi connectivity index (χ1n) is 6.04. The van der Waals surface area contributed by atoms with E-state index < -0.39 is 0 Å². The van der Waals surface area contributed by atoms with Gasteiger partial charge in [-0.05, 0) is 30.7 Å². The molecular weight excluding hydrogens is 286 g/mol. The second kappa shape index (κ2) is 5.23. The molecule has 96 valence electrons. The van der Waals surface area contributed by atoms with E-state index in [9.17, 15) is 0 Å². The van der Waals surface area contributed by atoms with Gasteiger partial charge in [0.15, 0.2) is 0 Å². The number of thioether (sulfide) groups is 1. The SMILES string of the molecule is CC1SCCCC1Nc1c(Cl)ccc2nsnc12. The Morgan fingerprint density at radius 3 is 3.11 bits per heavy atom. The zero-order valence-electron chi connectivity index (χ0n) is 10.0. The summed E-state index contributed by atoms with van der Waals surface area (Å²) in [4.78, 5) is 0. The predicted molar refractivity (Wildman–Crippen MR) is 81.0 cm³/mol. The first-order chi connectivity index (χ1) is 8.75. The van der Waals surface area contributed by atoms with Crippen molar-refractivity contribution < 1.29 is 0 Å². The number of benzene rings is 1. The van der Waals surface area contributed by atoms with Gasteiger partial charge in [-0.1, -0.05) is 18.5 Å². The second-order valence-electron chi connectivity index (χ2n) is 4.52. The average Bonchev–Trinajstić information content (AvgIpc) is 2.83. The van der Waals surface area contributed by atoms with Gasteiger partial charge in [-0.25, -0.2) is 0 Å². The van der Waals surface area contributed by atoms with Gasteiger partial charge in [0.2, 0.25) is 0 Å². The van der Waals surface area contributed by atoms with Crippen LogP contribution < -0.4 is 5.32 Å². The van der Waals surface area contributed by atoms with E-state index in [1.807, 2.05) is 23.9 Å².